The minimum absolute atomic E-state index is 0.219. The molecule has 0 aliphatic carbocycles. The Morgan fingerprint density at radius 1 is 1.26 bits per heavy atom. The van der Waals surface area contributed by atoms with Gasteiger partial charge in [-0.05, 0) is 29.8 Å². The molecule has 0 aliphatic rings. The van der Waals surface area contributed by atoms with Gasteiger partial charge in [0.15, 0.2) is 6.61 Å². The van der Waals surface area contributed by atoms with E-state index in [1.807, 2.05) is 0 Å². The molecule has 10 heteroatoms. The van der Waals surface area contributed by atoms with Gasteiger partial charge in [0.2, 0.25) is 0 Å². The van der Waals surface area contributed by atoms with Crippen LogP contribution in [0.1, 0.15) is 5.56 Å². The number of carbonyl (C=O) groups excluding carboxylic acids is 2. The fourth-order valence-electron chi connectivity index (χ4n) is 1.94. The van der Waals surface area contributed by atoms with Crippen molar-refractivity contribution in [3.63, 3.8) is 0 Å². The molecule has 0 radical (unpaired) electrons. The molecule has 2 aromatic rings. The van der Waals surface area contributed by atoms with Crippen LogP contribution in [0.3, 0.4) is 0 Å². The molecule has 0 saturated heterocycles. The van der Waals surface area contributed by atoms with Crippen LogP contribution in [-0.2, 0) is 14.3 Å². The first-order chi connectivity index (χ1) is 12.8. The monoisotopic (exact) mass is 412 g/mol. The third-order valence-electron chi connectivity index (χ3n) is 3.16. The number of amides is 1. The first-order valence-electron chi connectivity index (χ1n) is 7.30. The number of hydrogen-bond acceptors (Lipinski definition) is 5. The van der Waals surface area contributed by atoms with Crippen molar-refractivity contribution >= 4 is 52.5 Å². The Labute approximate surface area is 162 Å². The SMILES string of the molecule is O=C(COC(=O)/C=C/c1cccc(Cl)c1Cl)Nc1ccc(F)cc1[N+](=O)[O-]. The molecule has 2 aromatic carbocycles. The Morgan fingerprint density at radius 2 is 2.00 bits per heavy atom. The van der Waals surface area contributed by atoms with E-state index in [-0.39, 0.29) is 10.7 Å². The van der Waals surface area contributed by atoms with Crippen LogP contribution in [0.25, 0.3) is 6.08 Å². The molecule has 0 aromatic heterocycles. The van der Waals surface area contributed by atoms with Crippen LogP contribution in [-0.4, -0.2) is 23.4 Å². The maximum Gasteiger partial charge on any atom is 0.331 e. The lowest BCUT2D eigenvalue weighted by Crippen LogP contribution is -2.20. The van der Waals surface area contributed by atoms with Crippen molar-refractivity contribution in [3.05, 3.63) is 74.0 Å². The highest BCUT2D eigenvalue weighted by Gasteiger charge is 2.17. The Hall–Kier alpha value is -2.97. The number of nitrogens with one attached hydrogen (secondary N) is 1. The number of carbonyl (C=O) groups is 2. The molecule has 0 unspecified atom stereocenters. The van der Waals surface area contributed by atoms with E-state index in [0.29, 0.717) is 16.7 Å². The second-order valence-electron chi connectivity index (χ2n) is 5.05. The lowest BCUT2D eigenvalue weighted by molar-refractivity contribution is -0.384. The van der Waals surface area contributed by atoms with Gasteiger partial charge in [-0.3, -0.25) is 14.9 Å². The first-order valence-corrected chi connectivity index (χ1v) is 8.06. The number of benzene rings is 2. The van der Waals surface area contributed by atoms with E-state index in [4.69, 9.17) is 27.9 Å². The third kappa shape index (κ3) is 5.77. The highest BCUT2D eigenvalue weighted by molar-refractivity contribution is 6.42. The fraction of sp³-hybridized carbons (Fsp3) is 0.0588. The summed E-state index contributed by atoms with van der Waals surface area (Å²) in [4.78, 5) is 33.5. The normalized spacial score (nSPS) is 10.6. The molecular weight excluding hydrogens is 402 g/mol. The zero-order valence-electron chi connectivity index (χ0n) is 13.4. The highest BCUT2D eigenvalue weighted by Crippen LogP contribution is 2.26. The molecular formula is C17H11Cl2FN2O5. The van der Waals surface area contributed by atoms with Crippen molar-refractivity contribution in [1.29, 1.82) is 0 Å². The number of ether oxygens (including phenoxy) is 1. The van der Waals surface area contributed by atoms with Crippen LogP contribution in [0, 0.1) is 15.9 Å². The first kappa shape index (κ1) is 20.3. The number of anilines is 1. The molecule has 1 N–H and O–H groups in total. The van der Waals surface area contributed by atoms with E-state index in [1.54, 1.807) is 18.2 Å². The predicted molar refractivity (Wildman–Crippen MR) is 98.1 cm³/mol. The molecule has 0 heterocycles. The number of nitrogens with zero attached hydrogens (tertiary/aromatic N) is 1. The summed E-state index contributed by atoms with van der Waals surface area (Å²) in [6, 6.07) is 7.50. The van der Waals surface area contributed by atoms with Crippen LogP contribution in [0.5, 0.6) is 0 Å². The average Bonchev–Trinajstić information content (AvgIpc) is 2.62. The lowest BCUT2D eigenvalue weighted by Gasteiger charge is -2.06. The second-order valence-corrected chi connectivity index (χ2v) is 5.84. The van der Waals surface area contributed by atoms with E-state index >= 15 is 0 Å². The minimum Gasteiger partial charge on any atom is -0.452 e. The van der Waals surface area contributed by atoms with Gasteiger partial charge in [-0.25, -0.2) is 9.18 Å². The van der Waals surface area contributed by atoms with Gasteiger partial charge < -0.3 is 10.1 Å². The molecule has 0 bridgehead atoms. The predicted octanol–water partition coefficient (Wildman–Crippen LogP) is 4.24. The molecule has 0 fully saturated rings. The smallest absolute Gasteiger partial charge is 0.331 e. The van der Waals surface area contributed by atoms with Crippen molar-refractivity contribution in [2.45, 2.75) is 0 Å². The van der Waals surface area contributed by atoms with Crippen LogP contribution >= 0.6 is 23.2 Å². The minimum atomic E-state index is -0.845. The van der Waals surface area contributed by atoms with Crippen molar-refractivity contribution in [1.82, 2.24) is 0 Å². The number of hydrogen-bond donors (Lipinski definition) is 1. The van der Waals surface area contributed by atoms with Gasteiger partial charge in [0.25, 0.3) is 11.6 Å². The van der Waals surface area contributed by atoms with Crippen LogP contribution < -0.4 is 5.32 Å². The third-order valence-corrected chi connectivity index (χ3v) is 3.99. The van der Waals surface area contributed by atoms with Crippen LogP contribution in [0.15, 0.2) is 42.5 Å². The zero-order valence-corrected chi connectivity index (χ0v) is 15.0. The van der Waals surface area contributed by atoms with Crippen LogP contribution in [0.4, 0.5) is 15.8 Å². The molecule has 2 rings (SSSR count). The molecule has 1 amide bonds. The molecule has 7 nitrogen and oxygen atoms in total. The number of rotatable bonds is 6. The van der Waals surface area contributed by atoms with E-state index in [9.17, 15) is 24.1 Å². The summed E-state index contributed by atoms with van der Waals surface area (Å²) in [7, 11) is 0. The number of nitro benzene ring substituents is 1. The van der Waals surface area contributed by atoms with Crippen molar-refractivity contribution in [2.75, 3.05) is 11.9 Å². The van der Waals surface area contributed by atoms with Gasteiger partial charge in [0.1, 0.15) is 11.5 Å². The molecule has 27 heavy (non-hydrogen) atoms. The quantitative estimate of drug-likeness (QED) is 0.331. The van der Waals surface area contributed by atoms with Crippen molar-refractivity contribution in [3.8, 4) is 0 Å². The van der Waals surface area contributed by atoms with E-state index in [1.165, 1.54) is 6.08 Å². The molecule has 0 atom stereocenters. The summed E-state index contributed by atoms with van der Waals surface area (Å²) in [6.45, 7) is -0.693. The van der Waals surface area contributed by atoms with Gasteiger partial charge in [-0.15, -0.1) is 0 Å². The Bertz CT molecular complexity index is 934. The van der Waals surface area contributed by atoms with Gasteiger partial charge in [0, 0.05) is 6.08 Å². The second kappa shape index (κ2) is 9.11. The summed E-state index contributed by atoms with van der Waals surface area (Å²) in [5.74, 6) is -2.49. The topological polar surface area (TPSA) is 98.5 Å². The lowest BCUT2D eigenvalue weighted by atomic mass is 10.2. The fourth-order valence-corrected chi connectivity index (χ4v) is 2.31. The van der Waals surface area contributed by atoms with Crippen molar-refractivity contribution in [2.24, 2.45) is 0 Å². The number of nitro groups is 1. The largest absolute Gasteiger partial charge is 0.452 e. The average molecular weight is 413 g/mol. The highest BCUT2D eigenvalue weighted by atomic mass is 35.5. The van der Waals surface area contributed by atoms with Crippen LogP contribution in [0.2, 0.25) is 10.0 Å². The maximum atomic E-state index is 13.1. The Kier molecular flexibility index (Phi) is 6.86. The van der Waals surface area contributed by atoms with Crippen molar-refractivity contribution < 1.29 is 23.6 Å². The summed E-state index contributed by atoms with van der Waals surface area (Å²) in [5.41, 5.74) is -0.360. The summed E-state index contributed by atoms with van der Waals surface area (Å²) < 4.78 is 17.8. The van der Waals surface area contributed by atoms with Gasteiger partial charge >= 0.3 is 5.97 Å². The summed E-state index contributed by atoms with van der Waals surface area (Å²) in [5, 5.41) is 13.6. The van der Waals surface area contributed by atoms with E-state index in [2.05, 4.69) is 5.32 Å². The number of esters is 1. The van der Waals surface area contributed by atoms with E-state index in [0.717, 1.165) is 18.2 Å². The van der Waals surface area contributed by atoms with Gasteiger partial charge in [-0.1, -0.05) is 35.3 Å². The maximum absolute atomic E-state index is 13.1. The summed E-state index contributed by atoms with van der Waals surface area (Å²) in [6.07, 6.45) is 2.41. The zero-order chi connectivity index (χ0) is 20.0. The molecule has 0 aliphatic heterocycles. The summed E-state index contributed by atoms with van der Waals surface area (Å²) >= 11 is 11.8. The molecule has 0 saturated carbocycles. The molecule has 0 spiro atoms. The Balaban J connectivity index is 1.94. The number of halogens is 3. The molecule has 140 valence electrons. The van der Waals surface area contributed by atoms with Gasteiger partial charge in [0.05, 0.1) is 21.0 Å². The standard InChI is InChI=1S/C17H11Cl2FN2O5/c18-12-3-1-2-10(17(12)19)4-7-16(24)27-9-15(23)21-13-6-5-11(20)8-14(13)22(25)26/h1-8H,9H2,(H,21,23)/b7-4+. The Morgan fingerprint density at radius 3 is 2.70 bits per heavy atom. The van der Waals surface area contributed by atoms with Gasteiger partial charge in [-0.2, -0.15) is 0 Å². The van der Waals surface area contributed by atoms with E-state index < -0.39 is 34.9 Å².